The van der Waals surface area contributed by atoms with Gasteiger partial charge in [0.15, 0.2) is 11.6 Å². The Hall–Kier alpha value is -9.73. The van der Waals surface area contributed by atoms with Crippen molar-refractivity contribution in [3.8, 4) is 34.4 Å². The van der Waals surface area contributed by atoms with Crippen LogP contribution in [0.25, 0.3) is 120 Å². The maximum atomic E-state index is 11.1. The number of rotatable bonds is 8. The van der Waals surface area contributed by atoms with Crippen molar-refractivity contribution in [2.75, 3.05) is 0 Å². The van der Waals surface area contributed by atoms with Gasteiger partial charge in [-0.05, 0) is 76.1 Å². The lowest BCUT2D eigenvalue weighted by molar-refractivity contribution is 0.952. The average molecular weight is 1050 g/mol. The molecule has 0 atom stereocenters. The van der Waals surface area contributed by atoms with Crippen molar-refractivity contribution in [2.45, 2.75) is 0 Å². The molecule has 0 fully saturated rings. The summed E-state index contributed by atoms with van der Waals surface area (Å²) in [5, 5.41) is -3.81. The molecule has 5 aromatic heterocycles. The topological polar surface area (TPSA) is 53.5 Å². The standard InChI is InChI=1S/C69H44N6SSi/c1-3-23-46(24-4-1)77(47-25-5-2-6-26-47,75-61-39-18-9-30-51(61)52-31-10-19-40-62(52)75)48-27-21-22-45(44-48)67-70-68(56-34-12-17-38-60(56)73-57-35-14-7-28-49(57)50-29-8-15-36-58(50)73)72-69(71-67)74-59-37-16-11-33-55(59)65-63(74)43-42-54-53-32-13-20-41-64(53)76-66(54)65/h1-44H/i1D,2D,3D,4D,5D,6D,7D,8D,9D,10D,12D,14D,15D,17D,18D,19D,21D,22D,23D,24D,25D,26D,27D,28D,29D,30D,31D,34D,35D,36D,38D,39D,40D,44D. The SMILES string of the molecule is [2H]c1c([2H])c([2H])c([Si](c2c([2H])c([2H])c([2H])c([2H])c2[2H])(c2c([2H])c([2H])c([2H])c(-c3nc(-c4c([2H])c([2H])c([2H])c([2H])c4-n4c5c([2H])c([2H])c([2H])c([2H])c5c5c([2H])c([2H])c([2H])c([2H])c54)nc(-n4c5ccccc5c5c6sc7ccccc7c6ccc54)n3)c2[2H])n2c3c([2H])c([2H])c([2H])c([2H])c3c3c([2H])c([2H])c([2H])c([2H])c32)c([2H])c1[2H]. The Morgan fingerprint density at radius 2 is 0.922 bits per heavy atom. The third kappa shape index (κ3) is 6.43. The lowest BCUT2D eigenvalue weighted by atomic mass is 10.1. The lowest BCUT2D eigenvalue weighted by Gasteiger charge is -2.36. The van der Waals surface area contributed by atoms with Crippen molar-refractivity contribution in [3.63, 3.8) is 0 Å². The smallest absolute Gasteiger partial charge is 0.257 e. The van der Waals surface area contributed by atoms with E-state index in [-0.39, 0.29) is 11.0 Å². The molecular formula is C69H44N6SSi. The van der Waals surface area contributed by atoms with Crippen LogP contribution in [0.5, 0.6) is 0 Å². The van der Waals surface area contributed by atoms with E-state index in [9.17, 15) is 35.6 Å². The van der Waals surface area contributed by atoms with Crippen LogP contribution in [0.3, 0.4) is 0 Å². The van der Waals surface area contributed by atoms with Gasteiger partial charge in [0, 0.05) is 74.6 Å². The summed E-state index contributed by atoms with van der Waals surface area (Å²) in [6.45, 7) is 0. The first-order chi connectivity index (χ1) is 52.3. The zero-order valence-electron chi connectivity index (χ0n) is 72.9. The highest BCUT2D eigenvalue weighted by atomic mass is 32.1. The molecule has 0 aliphatic heterocycles. The van der Waals surface area contributed by atoms with E-state index in [1.165, 1.54) is 15.9 Å². The number of hydrogen-bond acceptors (Lipinski definition) is 4. The summed E-state index contributed by atoms with van der Waals surface area (Å²) in [5.41, 5.74) is -5.66. The molecule has 0 aliphatic carbocycles. The molecule has 16 rings (SSSR count). The molecule has 0 bridgehead atoms. The molecule has 16 aromatic rings. The summed E-state index contributed by atoms with van der Waals surface area (Å²) in [6, 6.07) is -21.0. The van der Waals surface area contributed by atoms with Crippen LogP contribution < -0.4 is 15.6 Å². The van der Waals surface area contributed by atoms with Crippen LogP contribution in [0.15, 0.2) is 266 Å². The van der Waals surface area contributed by atoms with Crippen molar-refractivity contribution in [1.82, 2.24) is 28.3 Å². The molecule has 360 valence electrons. The van der Waals surface area contributed by atoms with Crippen molar-refractivity contribution >= 4 is 121 Å². The first kappa shape index (κ1) is 21.9. The summed E-state index contributed by atoms with van der Waals surface area (Å²) in [6.07, 6.45) is 0. The van der Waals surface area contributed by atoms with Crippen molar-refractivity contribution in [3.05, 3.63) is 266 Å². The predicted octanol–water partition coefficient (Wildman–Crippen LogP) is 15.4. The number of nitrogens with zero attached hydrogens (tertiary/aromatic N) is 6. The van der Waals surface area contributed by atoms with Crippen molar-refractivity contribution in [2.24, 2.45) is 0 Å². The van der Waals surface area contributed by atoms with Gasteiger partial charge in [0.05, 0.1) is 74.4 Å². The molecule has 0 unspecified atom stereocenters. The molecule has 8 heteroatoms. The molecule has 77 heavy (non-hydrogen) atoms. The van der Waals surface area contributed by atoms with Gasteiger partial charge in [0.1, 0.15) is 0 Å². The Morgan fingerprint density at radius 1 is 0.377 bits per heavy atom. The number of thiophene rings is 1. The molecule has 0 spiro atoms. The van der Waals surface area contributed by atoms with E-state index < -0.39 is 307 Å². The van der Waals surface area contributed by atoms with Gasteiger partial charge in [0.2, 0.25) is 5.95 Å². The van der Waals surface area contributed by atoms with E-state index in [1.54, 1.807) is 36.4 Å². The Kier molecular flexibility index (Phi) is 4.87. The molecule has 0 aliphatic rings. The zero-order chi connectivity index (χ0) is 80.2. The van der Waals surface area contributed by atoms with Gasteiger partial charge < -0.3 is 8.80 Å². The lowest BCUT2D eigenvalue weighted by Crippen LogP contribution is -2.72. The van der Waals surface area contributed by atoms with Crippen LogP contribution in [-0.2, 0) is 0 Å². The minimum absolute atomic E-state index is 0.264. The number of benzene rings is 11. The summed E-state index contributed by atoms with van der Waals surface area (Å²) in [5.74, 6) is -2.60. The quantitative estimate of drug-likeness (QED) is 0.113. The Morgan fingerprint density at radius 3 is 1.61 bits per heavy atom. The molecule has 5 heterocycles. The van der Waals surface area contributed by atoms with Crippen LogP contribution in [-0.4, -0.2) is 36.6 Å². The molecular weight excluding hydrogens is 973 g/mol. The fourth-order valence-corrected chi connectivity index (χ4v) is 15.6. The molecule has 0 saturated carbocycles. The monoisotopic (exact) mass is 1050 g/mol. The third-order valence-electron chi connectivity index (χ3n) is 13.5. The largest absolute Gasteiger partial charge is 0.355 e. The van der Waals surface area contributed by atoms with E-state index in [0.29, 0.717) is 19.7 Å². The third-order valence-corrected chi connectivity index (χ3v) is 18.7. The van der Waals surface area contributed by atoms with Gasteiger partial charge in [-0.25, -0.2) is 4.98 Å². The van der Waals surface area contributed by atoms with Crippen LogP contribution in [0.4, 0.5) is 0 Å². The molecule has 6 nitrogen and oxygen atoms in total. The number of hydrogen-bond donors (Lipinski definition) is 0. The highest BCUT2D eigenvalue weighted by molar-refractivity contribution is 7.26. The Balaban J connectivity index is 1.18. The molecule has 0 N–H and O–H groups in total. The normalized spacial score (nSPS) is 18.3. The second kappa shape index (κ2) is 17.2. The van der Waals surface area contributed by atoms with Gasteiger partial charge in [-0.15, -0.1) is 11.3 Å². The maximum Gasteiger partial charge on any atom is 0.257 e. The van der Waals surface area contributed by atoms with Crippen LogP contribution >= 0.6 is 11.3 Å². The van der Waals surface area contributed by atoms with E-state index in [0.717, 1.165) is 20.0 Å². The first-order valence-electron chi connectivity index (χ1n) is 40.3. The van der Waals surface area contributed by atoms with E-state index in [4.69, 9.17) is 25.9 Å². The van der Waals surface area contributed by atoms with Crippen LogP contribution in [0.2, 0.25) is 0 Å². The molecule has 0 saturated heterocycles. The van der Waals surface area contributed by atoms with Gasteiger partial charge >= 0.3 is 0 Å². The van der Waals surface area contributed by atoms with Crippen LogP contribution in [0, 0.1) is 0 Å². The van der Waals surface area contributed by atoms with E-state index >= 15 is 0 Å². The minimum Gasteiger partial charge on any atom is -0.355 e. The summed E-state index contributed by atoms with van der Waals surface area (Å²) in [4.78, 5) is 14.8. The zero-order valence-corrected chi connectivity index (χ0v) is 40.7. The van der Waals surface area contributed by atoms with Gasteiger partial charge in [-0.2, -0.15) is 9.97 Å². The number of para-hydroxylation sites is 6. The van der Waals surface area contributed by atoms with E-state index in [1.807, 2.05) is 24.3 Å². The number of fused-ring (bicyclic) bond motifs is 13. The van der Waals surface area contributed by atoms with Gasteiger partial charge in [0.25, 0.3) is 8.24 Å². The second-order valence-electron chi connectivity index (χ2n) is 17.3. The first-order valence-corrected chi connectivity index (χ1v) is 26.1. The minimum atomic E-state index is -6.90. The molecule has 0 amide bonds. The van der Waals surface area contributed by atoms with E-state index in [2.05, 4.69) is 0 Å². The second-order valence-corrected chi connectivity index (χ2v) is 21.7. The predicted molar refractivity (Wildman–Crippen MR) is 325 cm³/mol. The summed E-state index contributed by atoms with van der Waals surface area (Å²) in [7, 11) is -6.90. The maximum absolute atomic E-state index is 11.1. The average Bonchev–Trinajstić information content (AvgIpc) is 1.60. The summed E-state index contributed by atoms with van der Waals surface area (Å²) < 4.78 is 330. The summed E-state index contributed by atoms with van der Waals surface area (Å²) >= 11 is 1.40. The molecule has 11 aromatic carbocycles. The Labute approximate surface area is 495 Å². The Bertz CT molecular complexity index is 6830. The molecule has 0 radical (unpaired) electrons. The van der Waals surface area contributed by atoms with Crippen molar-refractivity contribution in [1.29, 1.82) is 0 Å². The highest BCUT2D eigenvalue weighted by Crippen LogP contribution is 2.44. The highest BCUT2D eigenvalue weighted by Gasteiger charge is 2.44. The van der Waals surface area contributed by atoms with Gasteiger partial charge in [-0.1, -0.05) is 206 Å². The van der Waals surface area contributed by atoms with Gasteiger partial charge in [-0.3, -0.25) is 4.57 Å². The fraction of sp³-hybridized carbons (Fsp3) is 0. The van der Waals surface area contributed by atoms with Crippen LogP contribution in [0.1, 0.15) is 46.6 Å². The number of aromatic nitrogens is 6. The van der Waals surface area contributed by atoms with Crippen molar-refractivity contribution < 1.29 is 46.6 Å². The fourth-order valence-electron chi connectivity index (χ4n) is 10.4.